The molecule has 0 fully saturated rings. The van der Waals surface area contributed by atoms with Gasteiger partial charge in [-0.15, -0.1) is 0 Å². The molecule has 1 unspecified atom stereocenters. The predicted octanol–water partition coefficient (Wildman–Crippen LogP) is 2.63. The van der Waals surface area contributed by atoms with E-state index in [-0.39, 0.29) is 18.2 Å². The summed E-state index contributed by atoms with van der Waals surface area (Å²) in [6, 6.07) is 4.59. The number of aromatic nitrogens is 3. The van der Waals surface area contributed by atoms with Crippen molar-refractivity contribution in [1.29, 1.82) is 0 Å². The van der Waals surface area contributed by atoms with E-state index in [9.17, 15) is 9.50 Å². The number of aliphatic hydroxyl groups excluding tert-OH is 1. The maximum Gasteiger partial charge on any atom is 0.165 e. The monoisotopic (exact) mass is 279 g/mol. The molecule has 6 heteroatoms. The summed E-state index contributed by atoms with van der Waals surface area (Å²) in [4.78, 5) is 4.11. The Labute approximate surface area is 117 Å². The lowest BCUT2D eigenvalue weighted by Crippen LogP contribution is -2.10. The van der Waals surface area contributed by atoms with E-state index in [1.165, 1.54) is 25.4 Å². The summed E-state index contributed by atoms with van der Waals surface area (Å²) in [5.41, 5.74) is 0.252. The minimum absolute atomic E-state index is 0.186. The van der Waals surface area contributed by atoms with Crippen molar-refractivity contribution in [3.8, 4) is 5.75 Å². The van der Waals surface area contributed by atoms with Crippen molar-refractivity contribution in [2.75, 3.05) is 0 Å². The van der Waals surface area contributed by atoms with E-state index < -0.39 is 11.9 Å². The van der Waals surface area contributed by atoms with Crippen molar-refractivity contribution in [3.05, 3.63) is 41.7 Å². The number of ether oxygens (including phenoxy) is 1. The number of nitrogens with zero attached hydrogens (tertiary/aromatic N) is 3. The van der Waals surface area contributed by atoms with Crippen LogP contribution in [0.3, 0.4) is 0 Å². The highest BCUT2D eigenvalue weighted by molar-refractivity contribution is 5.30. The molecule has 0 aliphatic heterocycles. The van der Waals surface area contributed by atoms with Gasteiger partial charge in [-0.05, 0) is 32.9 Å². The van der Waals surface area contributed by atoms with Gasteiger partial charge in [0.1, 0.15) is 24.5 Å². The van der Waals surface area contributed by atoms with E-state index in [2.05, 4.69) is 10.1 Å². The van der Waals surface area contributed by atoms with Gasteiger partial charge in [0.2, 0.25) is 0 Å². The maximum atomic E-state index is 13.7. The molecule has 0 aliphatic carbocycles. The van der Waals surface area contributed by atoms with Gasteiger partial charge >= 0.3 is 0 Å². The highest BCUT2D eigenvalue weighted by Gasteiger charge is 2.11. The first-order chi connectivity index (χ1) is 9.49. The topological polar surface area (TPSA) is 60.2 Å². The molecule has 0 radical (unpaired) electrons. The van der Waals surface area contributed by atoms with Crippen LogP contribution in [0.1, 0.15) is 44.3 Å². The van der Waals surface area contributed by atoms with Crippen molar-refractivity contribution in [1.82, 2.24) is 14.8 Å². The number of aliphatic hydroxyl groups is 1. The minimum atomic E-state index is -0.840. The Morgan fingerprint density at radius 1 is 1.35 bits per heavy atom. The lowest BCUT2D eigenvalue weighted by Gasteiger charge is -2.12. The number of rotatable bonds is 5. The molecule has 0 aliphatic rings. The van der Waals surface area contributed by atoms with Crippen molar-refractivity contribution >= 4 is 0 Å². The Morgan fingerprint density at radius 3 is 2.70 bits per heavy atom. The lowest BCUT2D eigenvalue weighted by molar-refractivity contribution is 0.193. The van der Waals surface area contributed by atoms with Crippen LogP contribution in [0.15, 0.2) is 24.5 Å². The summed E-state index contributed by atoms with van der Waals surface area (Å²) >= 11 is 0. The van der Waals surface area contributed by atoms with Gasteiger partial charge in [-0.1, -0.05) is 0 Å². The molecule has 20 heavy (non-hydrogen) atoms. The second kappa shape index (κ2) is 6.00. The van der Waals surface area contributed by atoms with Gasteiger partial charge in [0.25, 0.3) is 0 Å². The van der Waals surface area contributed by atoms with Gasteiger partial charge in [-0.3, -0.25) is 0 Å². The fourth-order valence-electron chi connectivity index (χ4n) is 1.89. The van der Waals surface area contributed by atoms with Gasteiger partial charge in [-0.2, -0.15) is 5.10 Å². The number of hydrogen-bond donors (Lipinski definition) is 1. The third-order valence-electron chi connectivity index (χ3n) is 2.93. The van der Waals surface area contributed by atoms with Crippen LogP contribution < -0.4 is 4.74 Å². The molecule has 2 aromatic rings. The normalized spacial score (nSPS) is 12.7. The first kappa shape index (κ1) is 14.5. The Morgan fingerprint density at radius 2 is 2.10 bits per heavy atom. The average Bonchev–Trinajstić information content (AvgIpc) is 2.84. The van der Waals surface area contributed by atoms with E-state index in [4.69, 9.17) is 4.74 Å². The SMILES string of the molecule is CC(O)c1ccc(OCc2ncnn2C(C)C)cc1F. The van der Waals surface area contributed by atoms with Crippen LogP contribution in [-0.4, -0.2) is 19.9 Å². The van der Waals surface area contributed by atoms with Crippen LogP contribution in [0.4, 0.5) is 4.39 Å². The quantitative estimate of drug-likeness (QED) is 0.914. The molecule has 0 saturated heterocycles. The molecule has 0 spiro atoms. The molecule has 0 bridgehead atoms. The molecule has 1 aromatic heterocycles. The average molecular weight is 279 g/mol. The van der Waals surface area contributed by atoms with E-state index in [0.29, 0.717) is 11.6 Å². The standard InChI is InChI=1S/C14H18FN3O2/c1-9(2)18-14(16-8-17-18)7-20-11-4-5-12(10(3)19)13(15)6-11/h4-6,8-10,19H,7H2,1-3H3. The molecule has 1 aromatic carbocycles. The van der Waals surface area contributed by atoms with Crippen LogP contribution in [0.25, 0.3) is 0 Å². The molecule has 0 saturated carbocycles. The van der Waals surface area contributed by atoms with Crippen molar-refractivity contribution in [2.45, 2.75) is 39.5 Å². The molecule has 1 atom stereocenters. The fraction of sp³-hybridized carbons (Fsp3) is 0.429. The Kier molecular flexibility index (Phi) is 4.34. The molecule has 108 valence electrons. The van der Waals surface area contributed by atoms with E-state index in [1.807, 2.05) is 13.8 Å². The molecule has 0 amide bonds. The fourth-order valence-corrected chi connectivity index (χ4v) is 1.89. The largest absolute Gasteiger partial charge is 0.486 e. The highest BCUT2D eigenvalue weighted by Crippen LogP contribution is 2.22. The van der Waals surface area contributed by atoms with E-state index in [1.54, 1.807) is 10.7 Å². The summed E-state index contributed by atoms with van der Waals surface area (Å²) in [6.45, 7) is 5.72. The van der Waals surface area contributed by atoms with E-state index in [0.717, 1.165) is 0 Å². The molecule has 2 rings (SSSR count). The van der Waals surface area contributed by atoms with E-state index >= 15 is 0 Å². The zero-order valence-electron chi connectivity index (χ0n) is 11.7. The zero-order chi connectivity index (χ0) is 14.7. The molecule has 1 heterocycles. The highest BCUT2D eigenvalue weighted by atomic mass is 19.1. The van der Waals surface area contributed by atoms with Crippen LogP contribution in [-0.2, 0) is 6.61 Å². The number of halogens is 1. The Hall–Kier alpha value is -1.95. The third kappa shape index (κ3) is 3.14. The zero-order valence-corrected chi connectivity index (χ0v) is 11.7. The first-order valence-electron chi connectivity index (χ1n) is 6.47. The summed E-state index contributed by atoms with van der Waals surface area (Å²) in [5.74, 6) is 0.591. The predicted molar refractivity (Wildman–Crippen MR) is 71.8 cm³/mol. The van der Waals surface area contributed by atoms with Gasteiger partial charge < -0.3 is 9.84 Å². The summed E-state index contributed by atoms with van der Waals surface area (Å²) in [5, 5.41) is 13.5. The smallest absolute Gasteiger partial charge is 0.165 e. The van der Waals surface area contributed by atoms with Crippen molar-refractivity contribution in [3.63, 3.8) is 0 Å². The van der Waals surface area contributed by atoms with Gasteiger partial charge in [0.05, 0.1) is 6.10 Å². The van der Waals surface area contributed by atoms with Crippen LogP contribution in [0.2, 0.25) is 0 Å². The second-order valence-corrected chi connectivity index (χ2v) is 4.86. The van der Waals surface area contributed by atoms with Gasteiger partial charge in [0, 0.05) is 17.7 Å². The number of benzene rings is 1. The molecular formula is C14H18FN3O2. The minimum Gasteiger partial charge on any atom is -0.486 e. The first-order valence-corrected chi connectivity index (χ1v) is 6.47. The van der Waals surface area contributed by atoms with Gasteiger partial charge in [0.15, 0.2) is 5.82 Å². The van der Waals surface area contributed by atoms with Gasteiger partial charge in [-0.25, -0.2) is 14.1 Å². The summed E-state index contributed by atoms with van der Waals surface area (Å²) in [7, 11) is 0. The van der Waals surface area contributed by atoms with Crippen molar-refractivity contribution in [2.24, 2.45) is 0 Å². The summed E-state index contributed by atoms with van der Waals surface area (Å²) in [6.07, 6.45) is 0.628. The van der Waals surface area contributed by atoms with Crippen LogP contribution in [0.5, 0.6) is 5.75 Å². The second-order valence-electron chi connectivity index (χ2n) is 4.86. The van der Waals surface area contributed by atoms with Crippen LogP contribution >= 0.6 is 0 Å². The summed E-state index contributed by atoms with van der Waals surface area (Å²) < 4.78 is 21.0. The Bertz CT molecular complexity index is 582. The lowest BCUT2D eigenvalue weighted by atomic mass is 10.1. The maximum absolute atomic E-state index is 13.7. The van der Waals surface area contributed by atoms with Crippen molar-refractivity contribution < 1.29 is 14.2 Å². The van der Waals surface area contributed by atoms with Crippen LogP contribution in [0, 0.1) is 5.82 Å². The molecular weight excluding hydrogens is 261 g/mol. The number of hydrogen-bond acceptors (Lipinski definition) is 4. The third-order valence-corrected chi connectivity index (χ3v) is 2.93. The molecule has 1 N–H and O–H groups in total. The Balaban J connectivity index is 2.08. The molecule has 5 nitrogen and oxygen atoms in total.